The fourth-order valence-corrected chi connectivity index (χ4v) is 4.32. The van der Waals surface area contributed by atoms with Crippen molar-refractivity contribution in [1.82, 2.24) is 10.6 Å². The zero-order valence-corrected chi connectivity index (χ0v) is 23.4. The van der Waals surface area contributed by atoms with Crippen LogP contribution >= 0.6 is 0 Å². The van der Waals surface area contributed by atoms with E-state index in [1.54, 1.807) is 27.7 Å². The van der Waals surface area contributed by atoms with Gasteiger partial charge in [-0.1, -0.05) is 67.6 Å². The van der Waals surface area contributed by atoms with Crippen molar-refractivity contribution in [2.24, 2.45) is 0 Å². The number of aliphatic hydroxyl groups excluding tert-OH is 2. The van der Waals surface area contributed by atoms with Crippen LogP contribution in [0.2, 0.25) is 0 Å². The summed E-state index contributed by atoms with van der Waals surface area (Å²) in [5.41, 5.74) is 0.618. The number of nitrogens with one attached hydrogen (secondary N) is 2. The summed E-state index contributed by atoms with van der Waals surface area (Å²) in [4.78, 5) is 38.4. The van der Waals surface area contributed by atoms with E-state index in [4.69, 9.17) is 14.2 Å². The van der Waals surface area contributed by atoms with Gasteiger partial charge in [0, 0.05) is 6.92 Å². The van der Waals surface area contributed by atoms with Crippen LogP contribution in [0.4, 0.5) is 4.79 Å². The van der Waals surface area contributed by atoms with Gasteiger partial charge in [-0.15, -0.1) is 0 Å². The number of rotatable bonds is 9. The first-order chi connectivity index (χ1) is 18.9. The Hall–Kier alpha value is -3.89. The number of esters is 1. The van der Waals surface area contributed by atoms with E-state index in [0.29, 0.717) is 0 Å². The third kappa shape index (κ3) is 8.30. The quantitative estimate of drug-likeness (QED) is 0.346. The van der Waals surface area contributed by atoms with Crippen LogP contribution in [-0.2, 0) is 23.8 Å². The molecule has 0 unspecified atom stereocenters. The Balaban J connectivity index is 2.00. The summed E-state index contributed by atoms with van der Waals surface area (Å²) in [7, 11) is 0. The smallest absolute Gasteiger partial charge is 0.408 e. The fourth-order valence-electron chi connectivity index (χ4n) is 4.32. The molecule has 2 aromatic rings. The molecule has 1 aliphatic heterocycles. The van der Waals surface area contributed by atoms with E-state index in [0.717, 1.165) is 11.1 Å². The van der Waals surface area contributed by atoms with Gasteiger partial charge < -0.3 is 35.1 Å². The molecule has 10 heteroatoms. The molecule has 2 amide bonds. The van der Waals surface area contributed by atoms with Crippen LogP contribution in [0.15, 0.2) is 72.5 Å². The molecule has 5 atom stereocenters. The molecular formula is C30H38N2O8. The highest BCUT2D eigenvalue weighted by Gasteiger charge is 2.44. The van der Waals surface area contributed by atoms with Crippen LogP contribution in [0.1, 0.15) is 58.3 Å². The van der Waals surface area contributed by atoms with Crippen molar-refractivity contribution >= 4 is 18.0 Å². The summed E-state index contributed by atoms with van der Waals surface area (Å²) in [6.07, 6.45) is -4.17. The Kier molecular flexibility index (Phi) is 10.3. The number of benzene rings is 2. The number of hydrogen-bond acceptors (Lipinski definition) is 8. The summed E-state index contributed by atoms with van der Waals surface area (Å²) in [6, 6.07) is 16.2. The predicted molar refractivity (Wildman–Crippen MR) is 147 cm³/mol. The zero-order valence-electron chi connectivity index (χ0n) is 23.4. The highest BCUT2D eigenvalue weighted by atomic mass is 16.6. The summed E-state index contributed by atoms with van der Waals surface area (Å²) >= 11 is 0. The molecule has 40 heavy (non-hydrogen) atoms. The van der Waals surface area contributed by atoms with Crippen molar-refractivity contribution in [3.05, 3.63) is 83.6 Å². The first kappa shape index (κ1) is 30.6. The maximum atomic E-state index is 13.6. The average Bonchev–Trinajstić information content (AvgIpc) is 2.91. The Morgan fingerprint density at radius 2 is 1.50 bits per heavy atom. The van der Waals surface area contributed by atoms with Gasteiger partial charge in [0.05, 0.1) is 18.2 Å². The Morgan fingerprint density at radius 3 is 1.98 bits per heavy atom. The molecule has 0 aliphatic carbocycles. The standard InChI is InChI=1S/C30H38N2O8/c1-6-22(34)25(35)27-24(31-18(2)33)21(32-29(37)40-30(3,4)5)17-23(38-27)28(36)39-26(19-13-9-7-10-14-19)20-15-11-8-12-16-20/h7-17,21-22,24-27,34-35H,6H2,1-5H3,(H,31,33)(H,32,37)/t21-,22+,24+,25+,27+/m0/s1. The maximum Gasteiger partial charge on any atom is 0.408 e. The van der Waals surface area contributed by atoms with Gasteiger partial charge in [-0.05, 0) is 44.4 Å². The molecule has 0 fully saturated rings. The van der Waals surface area contributed by atoms with Crippen molar-refractivity contribution in [2.45, 2.75) is 83.1 Å². The minimum atomic E-state index is -1.51. The molecule has 1 aliphatic rings. The van der Waals surface area contributed by atoms with E-state index in [9.17, 15) is 24.6 Å². The lowest BCUT2D eigenvalue weighted by molar-refractivity contribution is -0.154. The van der Waals surface area contributed by atoms with Crippen LogP contribution in [0.5, 0.6) is 0 Å². The molecule has 0 saturated carbocycles. The zero-order chi connectivity index (χ0) is 29.4. The molecule has 0 bridgehead atoms. The summed E-state index contributed by atoms with van der Waals surface area (Å²) in [6.45, 7) is 8.01. The first-order valence-corrected chi connectivity index (χ1v) is 13.2. The number of alkyl carbamates (subject to hydrolysis) is 1. The van der Waals surface area contributed by atoms with Crippen molar-refractivity contribution in [1.29, 1.82) is 0 Å². The average molecular weight is 555 g/mol. The minimum absolute atomic E-state index is 0.172. The first-order valence-electron chi connectivity index (χ1n) is 13.2. The molecule has 0 aromatic heterocycles. The molecule has 4 N–H and O–H groups in total. The molecular weight excluding hydrogens is 516 g/mol. The van der Waals surface area contributed by atoms with Crippen LogP contribution in [0.3, 0.4) is 0 Å². The van der Waals surface area contributed by atoms with Gasteiger partial charge in [-0.2, -0.15) is 0 Å². The number of carbonyl (C=O) groups is 3. The lowest BCUT2D eigenvalue weighted by Crippen LogP contribution is -2.63. The largest absolute Gasteiger partial charge is 0.478 e. The van der Waals surface area contributed by atoms with E-state index < -0.39 is 60.1 Å². The Labute approximate surface area is 234 Å². The van der Waals surface area contributed by atoms with Gasteiger partial charge in [0.1, 0.15) is 17.8 Å². The minimum Gasteiger partial charge on any atom is -0.478 e. The molecule has 2 aromatic carbocycles. The second kappa shape index (κ2) is 13.5. The molecule has 0 radical (unpaired) electrons. The van der Waals surface area contributed by atoms with Crippen molar-refractivity contribution in [3.8, 4) is 0 Å². The molecule has 0 spiro atoms. The molecule has 216 valence electrons. The van der Waals surface area contributed by atoms with Gasteiger partial charge in [0.25, 0.3) is 0 Å². The highest BCUT2D eigenvalue weighted by molar-refractivity contribution is 5.87. The third-order valence-corrected chi connectivity index (χ3v) is 6.17. The van der Waals surface area contributed by atoms with Gasteiger partial charge in [-0.3, -0.25) is 4.79 Å². The van der Waals surface area contributed by atoms with E-state index in [1.807, 2.05) is 60.7 Å². The van der Waals surface area contributed by atoms with E-state index in [-0.39, 0.29) is 12.2 Å². The Morgan fingerprint density at radius 1 is 0.950 bits per heavy atom. The van der Waals surface area contributed by atoms with Crippen LogP contribution in [0.25, 0.3) is 0 Å². The van der Waals surface area contributed by atoms with Crippen LogP contribution in [-0.4, -0.2) is 64.2 Å². The lowest BCUT2D eigenvalue weighted by Gasteiger charge is -2.40. The topological polar surface area (TPSA) is 143 Å². The second-order valence-electron chi connectivity index (χ2n) is 10.6. The van der Waals surface area contributed by atoms with Gasteiger partial charge >= 0.3 is 12.1 Å². The monoisotopic (exact) mass is 554 g/mol. The number of aliphatic hydroxyl groups is 2. The number of carbonyl (C=O) groups excluding carboxylic acids is 3. The normalized spacial score (nSPS) is 20.4. The molecule has 10 nitrogen and oxygen atoms in total. The fraction of sp³-hybridized carbons (Fsp3) is 0.433. The second-order valence-corrected chi connectivity index (χ2v) is 10.6. The maximum absolute atomic E-state index is 13.6. The number of amides is 2. The summed E-state index contributed by atoms with van der Waals surface area (Å²) in [5, 5.41) is 26.7. The van der Waals surface area contributed by atoms with E-state index >= 15 is 0 Å². The molecule has 1 heterocycles. The van der Waals surface area contributed by atoms with Crippen molar-refractivity contribution < 1.29 is 38.8 Å². The molecule has 3 rings (SSSR count). The van der Waals surface area contributed by atoms with E-state index in [1.165, 1.54) is 13.0 Å². The number of ether oxygens (including phenoxy) is 3. The summed E-state index contributed by atoms with van der Waals surface area (Å²) < 4.78 is 17.2. The SMILES string of the molecule is CC[C@@H](O)[C@@H](O)[C@@H]1OC(C(=O)OC(c2ccccc2)c2ccccc2)=C[C@H](NC(=O)OC(C)(C)C)[C@H]1NC(C)=O. The van der Waals surface area contributed by atoms with Gasteiger partial charge in [-0.25, -0.2) is 9.59 Å². The highest BCUT2D eigenvalue weighted by Crippen LogP contribution is 2.30. The summed E-state index contributed by atoms with van der Waals surface area (Å²) in [5.74, 6) is -1.63. The molecule has 0 saturated heterocycles. The predicted octanol–water partition coefficient (Wildman–Crippen LogP) is 3.13. The van der Waals surface area contributed by atoms with Crippen LogP contribution in [0, 0.1) is 0 Å². The lowest BCUT2D eigenvalue weighted by atomic mass is 9.91. The van der Waals surface area contributed by atoms with Crippen molar-refractivity contribution in [2.75, 3.05) is 0 Å². The van der Waals surface area contributed by atoms with Gasteiger partial charge in [0.15, 0.2) is 6.10 Å². The third-order valence-electron chi connectivity index (χ3n) is 6.17. The van der Waals surface area contributed by atoms with Gasteiger partial charge in [0.2, 0.25) is 11.7 Å². The Bertz CT molecular complexity index is 1140. The van der Waals surface area contributed by atoms with Crippen LogP contribution < -0.4 is 10.6 Å². The van der Waals surface area contributed by atoms with E-state index in [2.05, 4.69) is 10.6 Å². The van der Waals surface area contributed by atoms with Crippen molar-refractivity contribution in [3.63, 3.8) is 0 Å². The number of hydrogen-bond donors (Lipinski definition) is 4.